The number of pyridine rings is 1. The second-order valence-electron chi connectivity index (χ2n) is 4.80. The number of imidazole rings is 1. The van der Waals surface area contributed by atoms with Crippen LogP contribution in [0.1, 0.15) is 21.1 Å². The highest BCUT2D eigenvalue weighted by Gasteiger charge is 2.23. The van der Waals surface area contributed by atoms with Gasteiger partial charge in [-0.25, -0.2) is 18.1 Å². The van der Waals surface area contributed by atoms with Crippen LogP contribution in [0.5, 0.6) is 0 Å². The lowest BCUT2D eigenvalue weighted by atomic mass is 10.3. The molecule has 2 rings (SSSR count). The fourth-order valence-electron chi connectivity index (χ4n) is 1.87. The highest BCUT2D eigenvalue weighted by atomic mass is 32.2. The third-order valence-electron chi connectivity index (χ3n) is 3.03. The molecule has 0 unspecified atom stereocenters. The first-order valence-electron chi connectivity index (χ1n) is 6.42. The molecule has 0 bridgehead atoms. The Morgan fingerprint density at radius 2 is 2.00 bits per heavy atom. The molecule has 0 aliphatic carbocycles. The van der Waals surface area contributed by atoms with Crippen molar-refractivity contribution < 1.29 is 18.0 Å². The van der Waals surface area contributed by atoms with Crippen molar-refractivity contribution in [3.8, 4) is 0 Å². The van der Waals surface area contributed by atoms with Gasteiger partial charge in [-0.1, -0.05) is 0 Å². The zero-order chi connectivity index (χ0) is 17.2. The Bertz CT molecular complexity index is 845. The molecule has 2 heterocycles. The molecule has 0 aromatic carbocycles. The van der Waals surface area contributed by atoms with Crippen molar-refractivity contribution in [3.05, 3.63) is 42.2 Å². The van der Waals surface area contributed by atoms with E-state index in [0.29, 0.717) is 5.69 Å². The summed E-state index contributed by atoms with van der Waals surface area (Å²) in [5.74, 6) is -1.50. The summed E-state index contributed by atoms with van der Waals surface area (Å²) in [6.07, 6.45) is 5.17. The van der Waals surface area contributed by atoms with Crippen molar-refractivity contribution >= 4 is 27.5 Å². The number of nitrogens with one attached hydrogen (secondary N) is 1. The molecule has 9 nitrogen and oxygen atoms in total. The van der Waals surface area contributed by atoms with E-state index in [0.717, 1.165) is 6.26 Å². The molecule has 0 aliphatic rings. The van der Waals surface area contributed by atoms with Gasteiger partial charge in [0, 0.05) is 20.3 Å². The van der Waals surface area contributed by atoms with Crippen molar-refractivity contribution in [2.24, 2.45) is 7.05 Å². The van der Waals surface area contributed by atoms with E-state index in [1.54, 1.807) is 30.1 Å². The molecule has 0 saturated carbocycles. The lowest BCUT2D eigenvalue weighted by molar-refractivity contribution is 0.0967. The largest absolute Gasteiger partial charge is 0.319 e. The molecule has 2 aromatic rings. The van der Waals surface area contributed by atoms with E-state index in [1.165, 1.54) is 28.9 Å². The van der Waals surface area contributed by atoms with Gasteiger partial charge in [0.15, 0.2) is 5.82 Å². The van der Waals surface area contributed by atoms with E-state index in [2.05, 4.69) is 9.97 Å². The third kappa shape index (κ3) is 3.72. The highest BCUT2D eigenvalue weighted by molar-refractivity contribution is 7.89. The van der Waals surface area contributed by atoms with E-state index in [4.69, 9.17) is 0 Å². The van der Waals surface area contributed by atoms with Gasteiger partial charge >= 0.3 is 5.91 Å². The summed E-state index contributed by atoms with van der Waals surface area (Å²) in [5.41, 5.74) is 0.704. The van der Waals surface area contributed by atoms with Crippen LogP contribution in [0, 0.1) is 0 Å². The van der Waals surface area contributed by atoms with Gasteiger partial charge in [-0.2, -0.15) is 0 Å². The summed E-state index contributed by atoms with van der Waals surface area (Å²) in [6.45, 7) is 0. The number of nitrogens with zero attached hydrogens (tertiary/aromatic N) is 4. The second kappa shape index (κ2) is 6.16. The van der Waals surface area contributed by atoms with Crippen molar-refractivity contribution in [2.75, 3.05) is 18.2 Å². The molecule has 0 atom stereocenters. The van der Waals surface area contributed by atoms with Gasteiger partial charge in [-0.05, 0) is 12.1 Å². The molecule has 0 aliphatic heterocycles. The number of amides is 2. The predicted molar refractivity (Wildman–Crippen MR) is 82.5 cm³/mol. The minimum absolute atomic E-state index is 0.134. The lowest BCUT2D eigenvalue weighted by Crippen LogP contribution is -2.32. The SMILES string of the molecule is CN(C(=O)c1cnc(C(=O)NS(C)(=O)=O)n1C)c1cccnc1. The summed E-state index contributed by atoms with van der Waals surface area (Å²) in [4.78, 5) is 33.4. The molecule has 0 saturated heterocycles. The van der Waals surface area contributed by atoms with Gasteiger partial charge in [0.1, 0.15) is 5.69 Å². The van der Waals surface area contributed by atoms with Gasteiger partial charge < -0.3 is 9.47 Å². The van der Waals surface area contributed by atoms with Crippen LogP contribution < -0.4 is 9.62 Å². The number of aromatic nitrogens is 3. The monoisotopic (exact) mass is 337 g/mol. The second-order valence-corrected chi connectivity index (χ2v) is 6.55. The Kier molecular flexibility index (Phi) is 4.45. The van der Waals surface area contributed by atoms with Gasteiger partial charge in [0.25, 0.3) is 5.91 Å². The Morgan fingerprint density at radius 1 is 1.30 bits per heavy atom. The van der Waals surface area contributed by atoms with Crippen LogP contribution in [-0.2, 0) is 17.1 Å². The molecule has 0 spiro atoms. The van der Waals surface area contributed by atoms with Crippen LogP contribution in [0.4, 0.5) is 5.69 Å². The van der Waals surface area contributed by atoms with Crippen LogP contribution in [0.3, 0.4) is 0 Å². The minimum atomic E-state index is -3.72. The first-order chi connectivity index (χ1) is 10.7. The molecule has 23 heavy (non-hydrogen) atoms. The average molecular weight is 337 g/mol. The molecule has 10 heteroatoms. The summed E-state index contributed by atoms with van der Waals surface area (Å²) >= 11 is 0. The van der Waals surface area contributed by atoms with Crippen LogP contribution in [0.15, 0.2) is 30.7 Å². The fourth-order valence-corrected chi connectivity index (χ4v) is 2.30. The van der Waals surface area contributed by atoms with Crippen LogP contribution >= 0.6 is 0 Å². The molecule has 1 N–H and O–H groups in total. The molecule has 0 fully saturated rings. The summed E-state index contributed by atoms with van der Waals surface area (Å²) in [5, 5.41) is 0. The van der Waals surface area contributed by atoms with Crippen molar-refractivity contribution in [1.82, 2.24) is 19.3 Å². The van der Waals surface area contributed by atoms with E-state index in [-0.39, 0.29) is 11.5 Å². The quantitative estimate of drug-likeness (QED) is 0.825. The Hall–Kier alpha value is -2.75. The van der Waals surface area contributed by atoms with Crippen LogP contribution in [0.2, 0.25) is 0 Å². The third-order valence-corrected chi connectivity index (χ3v) is 3.58. The molecular weight excluding hydrogens is 322 g/mol. The smallest absolute Gasteiger partial charge is 0.300 e. The maximum absolute atomic E-state index is 12.5. The highest BCUT2D eigenvalue weighted by Crippen LogP contribution is 2.14. The van der Waals surface area contributed by atoms with E-state index < -0.39 is 21.8 Å². The maximum atomic E-state index is 12.5. The first-order valence-corrected chi connectivity index (χ1v) is 8.32. The molecular formula is C13H15N5O4S. The minimum Gasteiger partial charge on any atom is -0.319 e. The van der Waals surface area contributed by atoms with Gasteiger partial charge in [0.05, 0.1) is 24.3 Å². The van der Waals surface area contributed by atoms with E-state index in [1.807, 2.05) is 0 Å². The average Bonchev–Trinajstić information content (AvgIpc) is 2.86. The number of carbonyl (C=O) groups excluding carboxylic acids is 2. The van der Waals surface area contributed by atoms with Gasteiger partial charge in [-0.15, -0.1) is 0 Å². The van der Waals surface area contributed by atoms with Gasteiger partial charge in [0.2, 0.25) is 10.0 Å². The molecule has 2 aromatic heterocycles. The Labute approximate surface area is 133 Å². The number of rotatable bonds is 4. The number of carbonyl (C=O) groups is 2. The van der Waals surface area contributed by atoms with Crippen LogP contribution in [-0.4, -0.2) is 48.1 Å². The summed E-state index contributed by atoms with van der Waals surface area (Å²) < 4.78 is 25.3. The predicted octanol–water partition coefficient (Wildman–Crippen LogP) is -0.219. The fraction of sp³-hybridized carbons (Fsp3) is 0.231. The first kappa shape index (κ1) is 16.6. The topological polar surface area (TPSA) is 114 Å². The number of hydrogen-bond donors (Lipinski definition) is 1. The number of sulfonamides is 1. The zero-order valence-electron chi connectivity index (χ0n) is 12.7. The summed E-state index contributed by atoms with van der Waals surface area (Å²) in [6, 6.07) is 3.39. The lowest BCUT2D eigenvalue weighted by Gasteiger charge is -2.16. The van der Waals surface area contributed by atoms with Crippen LogP contribution in [0.25, 0.3) is 0 Å². The number of anilines is 1. The standard InChI is InChI=1S/C13H15N5O4S/c1-17(9-5-4-6-14-7-9)13(20)10-8-15-11(18(10)2)12(19)16-23(3,21)22/h4-8H,1-3H3,(H,16,19). The van der Waals surface area contributed by atoms with Crippen molar-refractivity contribution in [1.29, 1.82) is 0 Å². The summed E-state index contributed by atoms with van der Waals surface area (Å²) in [7, 11) is -0.704. The normalized spacial score (nSPS) is 11.1. The van der Waals surface area contributed by atoms with Crippen molar-refractivity contribution in [3.63, 3.8) is 0 Å². The van der Waals surface area contributed by atoms with Gasteiger partial charge in [-0.3, -0.25) is 14.6 Å². The Balaban J connectivity index is 2.28. The van der Waals surface area contributed by atoms with Crippen molar-refractivity contribution in [2.45, 2.75) is 0 Å². The molecule has 122 valence electrons. The Morgan fingerprint density at radius 3 is 2.57 bits per heavy atom. The molecule has 0 radical (unpaired) electrons. The molecule has 2 amide bonds. The van der Waals surface area contributed by atoms with E-state index >= 15 is 0 Å². The maximum Gasteiger partial charge on any atom is 0.300 e. The number of hydrogen-bond acceptors (Lipinski definition) is 6. The zero-order valence-corrected chi connectivity index (χ0v) is 13.5. The van der Waals surface area contributed by atoms with E-state index in [9.17, 15) is 18.0 Å².